The Hall–Kier alpha value is -3.54. The quantitative estimate of drug-likeness (QED) is 0.378. The molecular weight excluding hydrogens is 424 g/mol. The summed E-state index contributed by atoms with van der Waals surface area (Å²) in [5.41, 5.74) is -0.0482. The number of alkyl halides is 3. The zero-order chi connectivity index (χ0) is 21.5. The third kappa shape index (κ3) is 3.68. The molecule has 12 heteroatoms. The number of nitrogens with zero attached hydrogens (tertiary/aromatic N) is 4. The number of nitrogens with one attached hydrogen (secondary N) is 2. The SMILES string of the molecule is O=C(NCc1nnc2ccc(C(F)(F)F)cn12)c1c[nH]c(=S)n1-c1ccc(F)cc1. The number of halogens is 4. The van der Waals surface area contributed by atoms with E-state index in [9.17, 15) is 22.4 Å². The molecule has 0 aliphatic rings. The Labute approximate surface area is 171 Å². The van der Waals surface area contributed by atoms with Crippen molar-refractivity contribution in [3.05, 3.63) is 76.5 Å². The van der Waals surface area contributed by atoms with E-state index in [1.54, 1.807) is 0 Å². The fraction of sp³-hybridized carbons (Fsp3) is 0.111. The highest BCUT2D eigenvalue weighted by Crippen LogP contribution is 2.29. The molecule has 4 rings (SSSR count). The number of pyridine rings is 1. The first-order chi connectivity index (χ1) is 14.2. The first kappa shape index (κ1) is 19.8. The van der Waals surface area contributed by atoms with E-state index in [0.29, 0.717) is 5.69 Å². The number of amides is 1. The van der Waals surface area contributed by atoms with Gasteiger partial charge in [-0.25, -0.2) is 4.39 Å². The van der Waals surface area contributed by atoms with Gasteiger partial charge in [0.05, 0.1) is 12.1 Å². The molecule has 3 aromatic heterocycles. The van der Waals surface area contributed by atoms with Gasteiger partial charge >= 0.3 is 6.18 Å². The third-order valence-electron chi connectivity index (χ3n) is 4.30. The number of hydrogen-bond acceptors (Lipinski definition) is 4. The van der Waals surface area contributed by atoms with E-state index in [1.807, 2.05) is 0 Å². The van der Waals surface area contributed by atoms with E-state index in [4.69, 9.17) is 12.2 Å². The Balaban J connectivity index is 1.59. The van der Waals surface area contributed by atoms with E-state index in [1.165, 1.54) is 41.1 Å². The van der Waals surface area contributed by atoms with Crippen molar-refractivity contribution >= 4 is 23.8 Å². The van der Waals surface area contributed by atoms with Crippen LogP contribution in [0.5, 0.6) is 0 Å². The smallest absolute Gasteiger partial charge is 0.343 e. The molecule has 0 unspecified atom stereocenters. The zero-order valence-electron chi connectivity index (χ0n) is 14.9. The van der Waals surface area contributed by atoms with Crippen LogP contribution in [0.4, 0.5) is 17.6 Å². The van der Waals surface area contributed by atoms with Gasteiger partial charge in [0.2, 0.25) is 0 Å². The number of imidazole rings is 1. The van der Waals surface area contributed by atoms with Gasteiger partial charge in [0.15, 0.2) is 16.2 Å². The highest BCUT2D eigenvalue weighted by Gasteiger charge is 2.31. The average Bonchev–Trinajstić information content (AvgIpc) is 3.29. The Morgan fingerprint density at radius 2 is 1.87 bits per heavy atom. The Bertz CT molecular complexity index is 1290. The minimum atomic E-state index is -4.52. The first-order valence-electron chi connectivity index (χ1n) is 8.49. The molecule has 3 heterocycles. The Kier molecular flexibility index (Phi) is 4.86. The molecule has 0 saturated heterocycles. The Morgan fingerprint density at radius 1 is 1.13 bits per heavy atom. The minimum absolute atomic E-state index is 0.118. The molecule has 154 valence electrons. The summed E-state index contributed by atoms with van der Waals surface area (Å²) < 4.78 is 54.9. The standard InChI is InChI=1S/C18H12F4N6OS/c19-11-2-4-12(5-3-11)28-13(7-24-17(28)30)16(29)23-8-15-26-25-14-6-1-10(9-27(14)15)18(20,21)22/h1-7,9H,8H2,(H,23,29)(H,24,30). The maximum Gasteiger partial charge on any atom is 0.417 e. The van der Waals surface area contributed by atoms with E-state index in [2.05, 4.69) is 20.5 Å². The molecule has 0 spiro atoms. The normalized spacial score (nSPS) is 11.7. The molecule has 1 amide bonds. The fourth-order valence-electron chi connectivity index (χ4n) is 2.86. The number of carbonyl (C=O) groups excluding carboxylic acids is 1. The van der Waals surface area contributed by atoms with Crippen LogP contribution < -0.4 is 5.32 Å². The predicted molar refractivity (Wildman–Crippen MR) is 100 cm³/mol. The van der Waals surface area contributed by atoms with Gasteiger partial charge in [-0.1, -0.05) is 0 Å². The summed E-state index contributed by atoms with van der Waals surface area (Å²) in [6.45, 7) is -0.178. The molecule has 4 aromatic rings. The van der Waals surface area contributed by atoms with Gasteiger partial charge in [0.25, 0.3) is 5.91 Å². The highest BCUT2D eigenvalue weighted by atomic mass is 32.1. The number of aromatic amines is 1. The van der Waals surface area contributed by atoms with E-state index in [0.717, 1.165) is 16.7 Å². The maximum atomic E-state index is 13.2. The number of carbonyl (C=O) groups is 1. The van der Waals surface area contributed by atoms with Crippen LogP contribution in [0.3, 0.4) is 0 Å². The second-order valence-corrected chi connectivity index (χ2v) is 6.62. The molecule has 0 aliphatic heterocycles. The summed E-state index contributed by atoms with van der Waals surface area (Å²) in [5.74, 6) is -0.883. The molecular formula is C18H12F4N6OS. The number of H-pyrrole nitrogens is 1. The van der Waals surface area contributed by atoms with E-state index in [-0.39, 0.29) is 28.5 Å². The van der Waals surface area contributed by atoms with E-state index < -0.39 is 23.5 Å². The van der Waals surface area contributed by atoms with Crippen molar-refractivity contribution in [2.75, 3.05) is 0 Å². The molecule has 0 fully saturated rings. The lowest BCUT2D eigenvalue weighted by molar-refractivity contribution is -0.137. The topological polar surface area (TPSA) is 80.0 Å². The molecule has 0 saturated carbocycles. The van der Waals surface area contributed by atoms with Gasteiger partial charge < -0.3 is 10.3 Å². The van der Waals surface area contributed by atoms with Crippen LogP contribution in [-0.2, 0) is 12.7 Å². The van der Waals surface area contributed by atoms with Gasteiger partial charge in [-0.2, -0.15) is 13.2 Å². The Morgan fingerprint density at radius 3 is 2.57 bits per heavy atom. The number of fused-ring (bicyclic) bond motifs is 1. The molecule has 1 aromatic carbocycles. The fourth-order valence-corrected chi connectivity index (χ4v) is 3.12. The second-order valence-electron chi connectivity index (χ2n) is 6.23. The maximum absolute atomic E-state index is 13.2. The summed E-state index contributed by atoms with van der Waals surface area (Å²) in [7, 11) is 0. The lowest BCUT2D eigenvalue weighted by atomic mass is 10.3. The van der Waals surface area contributed by atoms with Gasteiger partial charge in [0, 0.05) is 18.1 Å². The van der Waals surface area contributed by atoms with Gasteiger partial charge in [0.1, 0.15) is 11.5 Å². The van der Waals surface area contributed by atoms with Crippen LogP contribution in [-0.4, -0.2) is 30.1 Å². The van der Waals surface area contributed by atoms with Gasteiger partial charge in [-0.3, -0.25) is 13.8 Å². The minimum Gasteiger partial charge on any atom is -0.343 e. The summed E-state index contributed by atoms with van der Waals surface area (Å²) in [6.07, 6.45) is -2.28. The highest BCUT2D eigenvalue weighted by molar-refractivity contribution is 7.71. The van der Waals surface area contributed by atoms with Crippen molar-refractivity contribution in [2.45, 2.75) is 12.7 Å². The van der Waals surface area contributed by atoms with Crippen LogP contribution in [0, 0.1) is 10.6 Å². The predicted octanol–water partition coefficient (Wildman–Crippen LogP) is 3.67. The summed E-state index contributed by atoms with van der Waals surface area (Å²) in [5, 5.41) is 10.2. The van der Waals surface area contributed by atoms with Crippen molar-refractivity contribution in [2.24, 2.45) is 0 Å². The molecule has 0 aliphatic carbocycles. The average molecular weight is 436 g/mol. The van der Waals surface area contributed by atoms with Crippen molar-refractivity contribution in [3.63, 3.8) is 0 Å². The second kappa shape index (κ2) is 7.37. The number of benzene rings is 1. The van der Waals surface area contributed by atoms with Crippen LogP contribution in [0.15, 0.2) is 48.8 Å². The van der Waals surface area contributed by atoms with Crippen molar-refractivity contribution in [1.29, 1.82) is 0 Å². The van der Waals surface area contributed by atoms with Crippen molar-refractivity contribution in [1.82, 2.24) is 29.5 Å². The van der Waals surface area contributed by atoms with Crippen LogP contribution in [0.25, 0.3) is 11.3 Å². The zero-order valence-corrected chi connectivity index (χ0v) is 15.8. The monoisotopic (exact) mass is 436 g/mol. The van der Waals surface area contributed by atoms with Crippen LogP contribution >= 0.6 is 12.2 Å². The number of rotatable bonds is 4. The summed E-state index contributed by atoms with van der Waals surface area (Å²) in [6, 6.07) is 7.47. The lowest BCUT2D eigenvalue weighted by Crippen LogP contribution is -2.26. The largest absolute Gasteiger partial charge is 0.417 e. The molecule has 2 N–H and O–H groups in total. The first-order valence-corrected chi connectivity index (χ1v) is 8.90. The number of aromatic nitrogens is 5. The van der Waals surface area contributed by atoms with E-state index >= 15 is 0 Å². The molecule has 7 nitrogen and oxygen atoms in total. The van der Waals surface area contributed by atoms with Crippen molar-refractivity contribution < 1.29 is 22.4 Å². The third-order valence-corrected chi connectivity index (χ3v) is 4.60. The number of hydrogen-bond donors (Lipinski definition) is 2. The summed E-state index contributed by atoms with van der Waals surface area (Å²) in [4.78, 5) is 15.4. The van der Waals surface area contributed by atoms with Crippen LogP contribution in [0.2, 0.25) is 0 Å². The molecule has 0 radical (unpaired) electrons. The molecule has 0 atom stereocenters. The lowest BCUT2D eigenvalue weighted by Gasteiger charge is -2.10. The van der Waals surface area contributed by atoms with Gasteiger partial charge in [-0.05, 0) is 48.6 Å². The molecule has 30 heavy (non-hydrogen) atoms. The van der Waals surface area contributed by atoms with Crippen LogP contribution in [0.1, 0.15) is 21.9 Å². The summed E-state index contributed by atoms with van der Waals surface area (Å²) >= 11 is 5.18. The van der Waals surface area contributed by atoms with Gasteiger partial charge in [-0.15, -0.1) is 10.2 Å². The molecule has 0 bridgehead atoms. The van der Waals surface area contributed by atoms with Crippen molar-refractivity contribution in [3.8, 4) is 5.69 Å².